The molecule has 1 saturated carbocycles. The van der Waals surface area contributed by atoms with Gasteiger partial charge in [-0.2, -0.15) is 4.31 Å². The van der Waals surface area contributed by atoms with Gasteiger partial charge in [0.25, 0.3) is 5.91 Å². The molecule has 1 aromatic rings. The van der Waals surface area contributed by atoms with Crippen LogP contribution < -0.4 is 5.32 Å². The van der Waals surface area contributed by atoms with Gasteiger partial charge in [0.1, 0.15) is 0 Å². The zero-order valence-electron chi connectivity index (χ0n) is 18.6. The summed E-state index contributed by atoms with van der Waals surface area (Å²) < 4.78 is 32.3. The molecule has 1 N–H and O–H groups in total. The number of hydrogen-bond donors (Lipinski definition) is 1. The van der Waals surface area contributed by atoms with Gasteiger partial charge in [0.2, 0.25) is 10.0 Å². The fraction of sp³-hybridized carbons (Fsp3) is 0.636. The first-order chi connectivity index (χ1) is 14.1. The van der Waals surface area contributed by atoms with E-state index in [0.717, 1.165) is 19.3 Å². The fourth-order valence-corrected chi connectivity index (χ4v) is 5.29. The molecule has 8 heteroatoms. The van der Waals surface area contributed by atoms with Crippen LogP contribution in [0.2, 0.25) is 0 Å². The predicted molar refractivity (Wildman–Crippen MR) is 116 cm³/mol. The monoisotopic (exact) mass is 438 g/mol. The molecule has 168 valence electrons. The van der Waals surface area contributed by atoms with E-state index in [1.165, 1.54) is 29.8 Å². The van der Waals surface area contributed by atoms with Gasteiger partial charge >= 0.3 is 5.97 Å². The van der Waals surface area contributed by atoms with Crippen LogP contribution in [0, 0.1) is 12.8 Å². The van der Waals surface area contributed by atoms with E-state index < -0.39 is 22.1 Å². The molecule has 0 bridgehead atoms. The van der Waals surface area contributed by atoms with E-state index in [9.17, 15) is 18.0 Å². The standard InChI is InChI=1S/C22H34N2O5S/c1-6-24(7-2)30(27,28)18-13-12-15(3)19(14-18)22(26)29-17(5)21(25)23-20-11-9-8-10-16(20)4/h12-14,16-17,20H,6-11H2,1-5H3,(H,23,25). The van der Waals surface area contributed by atoms with Crippen molar-refractivity contribution >= 4 is 21.9 Å². The molecule has 1 aliphatic rings. The molecular formula is C22H34N2O5S. The van der Waals surface area contributed by atoms with Crippen molar-refractivity contribution in [2.24, 2.45) is 5.92 Å². The Morgan fingerprint density at radius 1 is 1.20 bits per heavy atom. The molecule has 0 heterocycles. The van der Waals surface area contributed by atoms with Crippen LogP contribution in [-0.2, 0) is 19.6 Å². The van der Waals surface area contributed by atoms with E-state index in [4.69, 9.17) is 4.74 Å². The topological polar surface area (TPSA) is 92.8 Å². The highest BCUT2D eigenvalue weighted by Crippen LogP contribution is 2.24. The Balaban J connectivity index is 2.13. The van der Waals surface area contributed by atoms with Gasteiger partial charge in [-0.05, 0) is 50.3 Å². The van der Waals surface area contributed by atoms with Crippen molar-refractivity contribution in [2.45, 2.75) is 77.3 Å². The molecule has 1 amide bonds. The largest absolute Gasteiger partial charge is 0.449 e. The van der Waals surface area contributed by atoms with E-state index in [0.29, 0.717) is 24.6 Å². The predicted octanol–water partition coefficient (Wildman–Crippen LogP) is 3.27. The number of sulfonamides is 1. The van der Waals surface area contributed by atoms with Crippen molar-refractivity contribution in [1.29, 1.82) is 0 Å². The molecule has 7 nitrogen and oxygen atoms in total. The number of nitrogens with one attached hydrogen (secondary N) is 1. The number of carbonyl (C=O) groups excluding carboxylic acids is 2. The summed E-state index contributed by atoms with van der Waals surface area (Å²) in [4.78, 5) is 25.3. The Labute approximate surface area is 180 Å². The first-order valence-corrected chi connectivity index (χ1v) is 12.2. The van der Waals surface area contributed by atoms with Crippen LogP contribution in [0.1, 0.15) is 69.3 Å². The third-order valence-corrected chi connectivity index (χ3v) is 7.91. The molecule has 1 fully saturated rings. The summed E-state index contributed by atoms with van der Waals surface area (Å²) in [7, 11) is -3.70. The average Bonchev–Trinajstić information content (AvgIpc) is 2.70. The Kier molecular flexibility index (Phi) is 8.43. The van der Waals surface area contributed by atoms with Crippen LogP contribution in [-0.4, -0.2) is 49.8 Å². The molecule has 0 saturated heterocycles. The number of amides is 1. The zero-order valence-corrected chi connectivity index (χ0v) is 19.4. The lowest BCUT2D eigenvalue weighted by Crippen LogP contribution is -2.46. The van der Waals surface area contributed by atoms with Crippen molar-refractivity contribution in [1.82, 2.24) is 9.62 Å². The van der Waals surface area contributed by atoms with Gasteiger partial charge in [-0.1, -0.05) is 39.7 Å². The van der Waals surface area contributed by atoms with E-state index in [-0.39, 0.29) is 22.4 Å². The number of aryl methyl sites for hydroxylation is 1. The first kappa shape index (κ1) is 24.3. The SMILES string of the molecule is CCN(CC)S(=O)(=O)c1ccc(C)c(C(=O)OC(C)C(=O)NC2CCCCC2C)c1. The van der Waals surface area contributed by atoms with Gasteiger partial charge in [0.15, 0.2) is 6.10 Å². The highest BCUT2D eigenvalue weighted by molar-refractivity contribution is 7.89. The average molecular weight is 439 g/mol. The lowest BCUT2D eigenvalue weighted by atomic mass is 9.86. The van der Waals surface area contributed by atoms with Crippen molar-refractivity contribution in [2.75, 3.05) is 13.1 Å². The van der Waals surface area contributed by atoms with Crippen molar-refractivity contribution in [3.05, 3.63) is 29.3 Å². The minimum atomic E-state index is -3.70. The van der Waals surface area contributed by atoms with Crippen LogP contribution in [0.25, 0.3) is 0 Å². The zero-order chi connectivity index (χ0) is 22.5. The normalized spacial score (nSPS) is 20.6. The van der Waals surface area contributed by atoms with Crippen LogP contribution in [0.5, 0.6) is 0 Å². The van der Waals surface area contributed by atoms with Gasteiger partial charge < -0.3 is 10.1 Å². The smallest absolute Gasteiger partial charge is 0.339 e. The number of rotatable bonds is 8. The quantitative estimate of drug-likeness (QED) is 0.629. The van der Waals surface area contributed by atoms with Gasteiger partial charge in [0.05, 0.1) is 10.5 Å². The molecule has 1 aromatic carbocycles. The van der Waals surface area contributed by atoms with E-state index in [2.05, 4.69) is 12.2 Å². The van der Waals surface area contributed by atoms with Crippen molar-refractivity contribution in [3.63, 3.8) is 0 Å². The molecule has 0 spiro atoms. The second-order valence-corrected chi connectivity index (χ2v) is 9.93. The van der Waals surface area contributed by atoms with Gasteiger partial charge in [-0.15, -0.1) is 0 Å². The Bertz CT molecular complexity index is 864. The molecule has 3 unspecified atom stereocenters. The second-order valence-electron chi connectivity index (χ2n) is 7.99. The number of esters is 1. The Morgan fingerprint density at radius 3 is 2.43 bits per heavy atom. The maximum Gasteiger partial charge on any atom is 0.339 e. The lowest BCUT2D eigenvalue weighted by molar-refractivity contribution is -0.130. The van der Waals surface area contributed by atoms with E-state index in [1.807, 2.05) is 0 Å². The summed E-state index contributed by atoms with van der Waals surface area (Å²) in [6.45, 7) is 9.56. The second kappa shape index (κ2) is 10.4. The summed E-state index contributed by atoms with van der Waals surface area (Å²) in [5.41, 5.74) is 0.737. The summed E-state index contributed by atoms with van der Waals surface area (Å²) in [6, 6.07) is 4.50. The number of ether oxygens (including phenoxy) is 1. The van der Waals surface area contributed by atoms with Gasteiger partial charge in [-0.25, -0.2) is 13.2 Å². The van der Waals surface area contributed by atoms with Gasteiger partial charge in [-0.3, -0.25) is 4.79 Å². The van der Waals surface area contributed by atoms with E-state index in [1.54, 1.807) is 26.8 Å². The summed E-state index contributed by atoms with van der Waals surface area (Å²) in [5, 5.41) is 2.99. The van der Waals surface area contributed by atoms with Gasteiger partial charge in [0, 0.05) is 19.1 Å². The lowest BCUT2D eigenvalue weighted by Gasteiger charge is -2.30. The van der Waals surface area contributed by atoms with Crippen LogP contribution in [0.4, 0.5) is 0 Å². The van der Waals surface area contributed by atoms with Crippen molar-refractivity contribution < 1.29 is 22.7 Å². The summed E-state index contributed by atoms with van der Waals surface area (Å²) >= 11 is 0. The molecule has 1 aliphatic carbocycles. The highest BCUT2D eigenvalue weighted by Gasteiger charge is 2.28. The minimum absolute atomic E-state index is 0.0388. The maximum atomic E-state index is 12.8. The fourth-order valence-electron chi connectivity index (χ4n) is 3.80. The molecule has 0 aromatic heterocycles. The first-order valence-electron chi connectivity index (χ1n) is 10.7. The van der Waals surface area contributed by atoms with Crippen LogP contribution in [0.3, 0.4) is 0 Å². The molecule has 2 rings (SSSR count). The van der Waals surface area contributed by atoms with Crippen LogP contribution in [0.15, 0.2) is 23.1 Å². The Morgan fingerprint density at radius 2 is 1.83 bits per heavy atom. The molecule has 3 atom stereocenters. The highest BCUT2D eigenvalue weighted by atomic mass is 32.2. The van der Waals surface area contributed by atoms with Crippen LogP contribution >= 0.6 is 0 Å². The third kappa shape index (κ3) is 5.60. The minimum Gasteiger partial charge on any atom is -0.449 e. The van der Waals surface area contributed by atoms with E-state index >= 15 is 0 Å². The molecule has 30 heavy (non-hydrogen) atoms. The Hall–Kier alpha value is -1.93. The summed E-state index contributed by atoms with van der Waals surface area (Å²) in [5.74, 6) is -0.634. The third-order valence-electron chi connectivity index (χ3n) is 5.86. The number of carbonyl (C=O) groups is 2. The molecule has 0 aliphatic heterocycles. The number of benzene rings is 1. The molecule has 0 radical (unpaired) electrons. The summed E-state index contributed by atoms with van der Waals surface area (Å²) in [6.07, 6.45) is 3.29. The molecular weight excluding hydrogens is 404 g/mol. The number of nitrogens with zero attached hydrogens (tertiary/aromatic N) is 1. The maximum absolute atomic E-state index is 12.8. The number of hydrogen-bond acceptors (Lipinski definition) is 5. The van der Waals surface area contributed by atoms with Crippen molar-refractivity contribution in [3.8, 4) is 0 Å².